The number of hydrogen-bond acceptors (Lipinski definition) is 3. The second-order valence-electron chi connectivity index (χ2n) is 4.62. The number of nitrogens with zero attached hydrogens (tertiary/aromatic N) is 2. The zero-order valence-electron chi connectivity index (χ0n) is 9.92. The Morgan fingerprint density at radius 1 is 1.14 bits per heavy atom. The summed E-state index contributed by atoms with van der Waals surface area (Å²) in [6, 6.07) is 0. The Morgan fingerprint density at radius 3 is 2.14 bits per heavy atom. The summed E-state index contributed by atoms with van der Waals surface area (Å²) in [7, 11) is 0. The van der Waals surface area contributed by atoms with E-state index >= 15 is 0 Å². The van der Waals surface area contributed by atoms with Crippen LogP contribution in [0.5, 0.6) is 0 Å². The molecule has 0 amide bonds. The molecule has 1 aliphatic rings. The van der Waals surface area contributed by atoms with Crippen LogP contribution in [-0.4, -0.2) is 41.6 Å². The molecule has 0 spiro atoms. The number of nitrogens with two attached hydrogens (primary N) is 1. The van der Waals surface area contributed by atoms with Crippen molar-refractivity contribution in [1.29, 1.82) is 0 Å². The summed E-state index contributed by atoms with van der Waals surface area (Å²) in [5.41, 5.74) is 0.399. The highest BCUT2D eigenvalue weighted by atomic mass is 15.4. The van der Waals surface area contributed by atoms with Gasteiger partial charge in [0.1, 0.15) is 0 Å². The normalized spacial score (nSPS) is 24.9. The molecule has 0 saturated carbocycles. The molecule has 1 unspecified atom stereocenters. The summed E-state index contributed by atoms with van der Waals surface area (Å²) in [6.07, 6.45) is 3.81. The molecule has 1 saturated heterocycles. The summed E-state index contributed by atoms with van der Waals surface area (Å²) >= 11 is 0. The van der Waals surface area contributed by atoms with Gasteiger partial charge in [-0.25, -0.2) is 5.01 Å². The highest BCUT2D eigenvalue weighted by Crippen LogP contribution is 2.25. The van der Waals surface area contributed by atoms with E-state index in [9.17, 15) is 0 Å². The second-order valence-corrected chi connectivity index (χ2v) is 4.62. The van der Waals surface area contributed by atoms with Crippen LogP contribution in [0.4, 0.5) is 0 Å². The van der Waals surface area contributed by atoms with E-state index in [1.54, 1.807) is 0 Å². The van der Waals surface area contributed by atoms with Gasteiger partial charge < -0.3 is 0 Å². The van der Waals surface area contributed by atoms with Crippen LogP contribution in [-0.2, 0) is 0 Å². The minimum Gasteiger partial charge on any atom is -0.295 e. The first-order valence-corrected chi connectivity index (χ1v) is 5.87. The predicted octanol–water partition coefficient (Wildman–Crippen LogP) is 1.45. The van der Waals surface area contributed by atoms with Crippen molar-refractivity contribution in [2.45, 2.75) is 45.6 Å². The highest BCUT2D eigenvalue weighted by molar-refractivity contribution is 4.87. The van der Waals surface area contributed by atoms with Crippen LogP contribution in [0.2, 0.25) is 0 Å². The number of piperazine rings is 1. The molecule has 0 aliphatic carbocycles. The smallest absolute Gasteiger partial charge is 0.0257 e. The van der Waals surface area contributed by atoms with Crippen LogP contribution in [0.1, 0.15) is 40.0 Å². The minimum absolute atomic E-state index is 0.399. The molecule has 2 N–H and O–H groups in total. The van der Waals surface area contributed by atoms with Gasteiger partial charge in [-0.1, -0.05) is 20.3 Å². The van der Waals surface area contributed by atoms with E-state index in [2.05, 4.69) is 25.7 Å². The third-order valence-corrected chi connectivity index (χ3v) is 3.63. The third kappa shape index (κ3) is 2.69. The Balaban J connectivity index is 2.52. The standard InChI is InChI=1S/C11H25N3/c1-4-6-11(3,5-2)13-7-9-14(12)10-8-13/h4-10,12H2,1-3H3. The van der Waals surface area contributed by atoms with Gasteiger partial charge in [-0.05, 0) is 19.8 Å². The van der Waals surface area contributed by atoms with Gasteiger partial charge in [-0.15, -0.1) is 0 Å². The van der Waals surface area contributed by atoms with Crippen LogP contribution in [0, 0.1) is 0 Å². The van der Waals surface area contributed by atoms with Crippen LogP contribution in [0.15, 0.2) is 0 Å². The Morgan fingerprint density at radius 2 is 1.71 bits per heavy atom. The first-order valence-electron chi connectivity index (χ1n) is 5.87. The lowest BCUT2D eigenvalue weighted by molar-refractivity contribution is 0.0335. The van der Waals surface area contributed by atoms with E-state index in [0.717, 1.165) is 26.2 Å². The summed E-state index contributed by atoms with van der Waals surface area (Å²) in [4.78, 5) is 2.61. The van der Waals surface area contributed by atoms with Gasteiger partial charge in [0.05, 0.1) is 0 Å². The summed E-state index contributed by atoms with van der Waals surface area (Å²) < 4.78 is 0. The van der Waals surface area contributed by atoms with Crippen molar-refractivity contribution in [1.82, 2.24) is 9.91 Å². The molecule has 0 aromatic heterocycles. The van der Waals surface area contributed by atoms with Crippen molar-refractivity contribution in [2.75, 3.05) is 26.2 Å². The van der Waals surface area contributed by atoms with Crippen molar-refractivity contribution in [3.05, 3.63) is 0 Å². The lowest BCUT2D eigenvalue weighted by Crippen LogP contribution is -2.57. The van der Waals surface area contributed by atoms with Crippen LogP contribution in [0.3, 0.4) is 0 Å². The molecule has 0 radical (unpaired) electrons. The van der Waals surface area contributed by atoms with E-state index in [0.29, 0.717) is 5.54 Å². The molecule has 1 atom stereocenters. The van der Waals surface area contributed by atoms with Crippen molar-refractivity contribution in [3.63, 3.8) is 0 Å². The fourth-order valence-corrected chi connectivity index (χ4v) is 2.36. The molecule has 3 nitrogen and oxygen atoms in total. The number of hydrazine groups is 1. The minimum atomic E-state index is 0.399. The molecular weight excluding hydrogens is 174 g/mol. The second kappa shape index (κ2) is 5.10. The van der Waals surface area contributed by atoms with E-state index < -0.39 is 0 Å². The fourth-order valence-electron chi connectivity index (χ4n) is 2.36. The summed E-state index contributed by atoms with van der Waals surface area (Å²) in [5, 5.41) is 1.93. The maximum atomic E-state index is 5.76. The first kappa shape index (κ1) is 12.0. The van der Waals surface area contributed by atoms with E-state index in [1.165, 1.54) is 19.3 Å². The van der Waals surface area contributed by atoms with Gasteiger partial charge in [0.15, 0.2) is 0 Å². The largest absolute Gasteiger partial charge is 0.295 e. The molecule has 0 aromatic rings. The molecule has 14 heavy (non-hydrogen) atoms. The van der Waals surface area contributed by atoms with Crippen molar-refractivity contribution >= 4 is 0 Å². The van der Waals surface area contributed by atoms with Gasteiger partial charge in [-0.2, -0.15) is 0 Å². The predicted molar refractivity (Wildman–Crippen MR) is 60.9 cm³/mol. The van der Waals surface area contributed by atoms with Crippen molar-refractivity contribution in [2.24, 2.45) is 5.84 Å². The monoisotopic (exact) mass is 199 g/mol. The molecule has 1 heterocycles. The lowest BCUT2D eigenvalue weighted by Gasteiger charge is -2.45. The third-order valence-electron chi connectivity index (χ3n) is 3.63. The van der Waals surface area contributed by atoms with Crippen LogP contribution < -0.4 is 5.84 Å². The van der Waals surface area contributed by atoms with E-state index in [-0.39, 0.29) is 0 Å². The zero-order chi connectivity index (χ0) is 10.6. The van der Waals surface area contributed by atoms with Crippen molar-refractivity contribution < 1.29 is 0 Å². The molecule has 0 aromatic carbocycles. The van der Waals surface area contributed by atoms with E-state index in [4.69, 9.17) is 5.84 Å². The van der Waals surface area contributed by atoms with Gasteiger partial charge >= 0.3 is 0 Å². The molecular formula is C11H25N3. The highest BCUT2D eigenvalue weighted by Gasteiger charge is 2.30. The maximum Gasteiger partial charge on any atom is 0.0257 e. The van der Waals surface area contributed by atoms with E-state index in [1.807, 2.05) is 5.01 Å². The Bertz CT molecular complexity index is 164. The van der Waals surface area contributed by atoms with Crippen molar-refractivity contribution in [3.8, 4) is 0 Å². The zero-order valence-corrected chi connectivity index (χ0v) is 9.92. The quantitative estimate of drug-likeness (QED) is 0.696. The number of hydrogen-bond donors (Lipinski definition) is 1. The Labute approximate surface area is 88.2 Å². The molecule has 0 bridgehead atoms. The number of rotatable bonds is 4. The first-order chi connectivity index (χ1) is 6.62. The molecule has 1 rings (SSSR count). The molecule has 1 aliphatic heterocycles. The van der Waals surface area contributed by atoms with Gasteiger partial charge in [0.2, 0.25) is 0 Å². The van der Waals surface area contributed by atoms with Crippen LogP contribution >= 0.6 is 0 Å². The van der Waals surface area contributed by atoms with Crippen LogP contribution in [0.25, 0.3) is 0 Å². The lowest BCUT2D eigenvalue weighted by atomic mass is 9.90. The SMILES string of the molecule is CCCC(C)(CC)N1CCN(N)CC1. The fraction of sp³-hybridized carbons (Fsp3) is 1.00. The average Bonchev–Trinajstić information content (AvgIpc) is 2.19. The average molecular weight is 199 g/mol. The molecule has 3 heteroatoms. The van der Waals surface area contributed by atoms with Gasteiger partial charge in [-0.3, -0.25) is 10.7 Å². The molecule has 84 valence electrons. The Hall–Kier alpha value is -0.120. The van der Waals surface area contributed by atoms with Gasteiger partial charge in [0.25, 0.3) is 0 Å². The molecule has 1 fully saturated rings. The summed E-state index contributed by atoms with van der Waals surface area (Å²) in [5.74, 6) is 5.76. The topological polar surface area (TPSA) is 32.5 Å². The maximum absolute atomic E-state index is 5.76. The van der Waals surface area contributed by atoms with Gasteiger partial charge in [0, 0.05) is 31.7 Å². The Kier molecular flexibility index (Phi) is 4.35. The summed E-state index contributed by atoms with van der Waals surface area (Å²) in [6.45, 7) is 11.2.